The molecule has 0 aliphatic carbocycles. The van der Waals surface area contributed by atoms with Gasteiger partial charge in [0.25, 0.3) is 0 Å². The van der Waals surface area contributed by atoms with Crippen molar-refractivity contribution in [2.45, 2.75) is 9.79 Å². The van der Waals surface area contributed by atoms with Crippen molar-refractivity contribution in [2.24, 2.45) is 0 Å². The van der Waals surface area contributed by atoms with Crippen molar-refractivity contribution in [1.29, 1.82) is 0 Å². The first-order valence-electron chi connectivity index (χ1n) is 6.63. The Morgan fingerprint density at radius 1 is 0.524 bits per heavy atom. The number of hydrogen-bond acceptors (Lipinski definition) is 3. The number of rotatable bonds is 2. The monoisotopic (exact) mass is 294 g/mol. The first-order chi connectivity index (χ1) is 10.2. The fourth-order valence-corrected chi connectivity index (χ4v) is 2.63. The van der Waals surface area contributed by atoms with Gasteiger partial charge < -0.3 is 11.5 Å². The third-order valence-electron chi connectivity index (χ3n) is 2.62. The topological polar surface area (TPSA) is 52.0 Å². The molecular weight excluding hydrogens is 276 g/mol. The molecule has 0 bridgehead atoms. The Labute approximate surface area is 129 Å². The lowest BCUT2D eigenvalue weighted by atomic mass is 10.3. The SMILES string of the molecule is Nc1cccc(Sc2cccc(N)c2)c1.c1ccccc1. The van der Waals surface area contributed by atoms with Crippen molar-refractivity contribution in [1.82, 2.24) is 0 Å². The molecule has 0 radical (unpaired) electrons. The molecule has 0 saturated carbocycles. The summed E-state index contributed by atoms with van der Waals surface area (Å²) in [6, 6.07) is 27.6. The van der Waals surface area contributed by atoms with Crippen molar-refractivity contribution in [3.05, 3.63) is 84.9 Å². The van der Waals surface area contributed by atoms with E-state index in [1.54, 1.807) is 11.8 Å². The van der Waals surface area contributed by atoms with Gasteiger partial charge in [-0.1, -0.05) is 60.3 Å². The van der Waals surface area contributed by atoms with E-state index in [9.17, 15) is 0 Å². The molecule has 2 nitrogen and oxygen atoms in total. The first-order valence-corrected chi connectivity index (χ1v) is 7.44. The maximum atomic E-state index is 5.70. The van der Waals surface area contributed by atoms with Crippen LogP contribution in [0.15, 0.2) is 94.7 Å². The van der Waals surface area contributed by atoms with Gasteiger partial charge in [0, 0.05) is 21.2 Å². The summed E-state index contributed by atoms with van der Waals surface area (Å²) in [5.41, 5.74) is 13.0. The minimum atomic E-state index is 0.781. The van der Waals surface area contributed by atoms with Gasteiger partial charge >= 0.3 is 0 Å². The van der Waals surface area contributed by atoms with E-state index >= 15 is 0 Å². The molecule has 3 rings (SSSR count). The molecule has 106 valence electrons. The van der Waals surface area contributed by atoms with Crippen LogP contribution in [0.2, 0.25) is 0 Å². The Hall–Kier alpha value is -2.39. The summed E-state index contributed by atoms with van der Waals surface area (Å²) in [5, 5.41) is 0. The standard InChI is InChI=1S/C12H12N2S.C6H6/c13-9-3-1-5-11(7-9)15-12-6-2-4-10(14)8-12;1-2-4-6-5-3-1/h1-8H,13-14H2;1-6H. The van der Waals surface area contributed by atoms with E-state index in [-0.39, 0.29) is 0 Å². The van der Waals surface area contributed by atoms with Crippen LogP contribution in [0.4, 0.5) is 11.4 Å². The van der Waals surface area contributed by atoms with Gasteiger partial charge in [-0.15, -0.1) is 0 Å². The molecule has 0 spiro atoms. The Morgan fingerprint density at radius 3 is 1.24 bits per heavy atom. The number of benzene rings is 3. The third-order valence-corrected chi connectivity index (χ3v) is 3.60. The Bertz CT molecular complexity index is 599. The lowest BCUT2D eigenvalue weighted by Crippen LogP contribution is -1.85. The highest BCUT2D eigenvalue weighted by molar-refractivity contribution is 7.99. The zero-order valence-electron chi connectivity index (χ0n) is 11.6. The summed E-state index contributed by atoms with van der Waals surface area (Å²) in [6.07, 6.45) is 0. The molecule has 0 saturated heterocycles. The van der Waals surface area contributed by atoms with E-state index < -0.39 is 0 Å². The second-order valence-electron chi connectivity index (χ2n) is 4.40. The number of hydrogen-bond donors (Lipinski definition) is 2. The van der Waals surface area contributed by atoms with Crippen molar-refractivity contribution >= 4 is 23.1 Å². The van der Waals surface area contributed by atoms with E-state index in [2.05, 4.69) is 0 Å². The van der Waals surface area contributed by atoms with E-state index in [4.69, 9.17) is 11.5 Å². The lowest BCUT2D eigenvalue weighted by Gasteiger charge is -2.03. The molecule has 0 aliphatic heterocycles. The van der Waals surface area contributed by atoms with Crippen LogP contribution < -0.4 is 11.5 Å². The van der Waals surface area contributed by atoms with Crippen LogP contribution in [0.25, 0.3) is 0 Å². The Kier molecular flexibility index (Phi) is 5.73. The van der Waals surface area contributed by atoms with Crippen LogP contribution >= 0.6 is 11.8 Å². The largest absolute Gasteiger partial charge is 0.399 e. The third kappa shape index (κ3) is 5.63. The van der Waals surface area contributed by atoms with Crippen LogP contribution in [-0.4, -0.2) is 0 Å². The van der Waals surface area contributed by atoms with Gasteiger partial charge in [0.1, 0.15) is 0 Å². The average molecular weight is 294 g/mol. The maximum Gasteiger partial charge on any atom is 0.0325 e. The van der Waals surface area contributed by atoms with Crippen LogP contribution in [0, 0.1) is 0 Å². The van der Waals surface area contributed by atoms with Crippen LogP contribution in [0.5, 0.6) is 0 Å². The van der Waals surface area contributed by atoms with E-state index in [0.29, 0.717) is 0 Å². The van der Waals surface area contributed by atoms with Gasteiger partial charge in [0.05, 0.1) is 0 Å². The molecule has 0 fully saturated rings. The molecule has 4 N–H and O–H groups in total. The molecule has 0 atom stereocenters. The van der Waals surface area contributed by atoms with Crippen LogP contribution in [-0.2, 0) is 0 Å². The normalized spacial score (nSPS) is 9.52. The first kappa shape index (κ1) is 15.0. The lowest BCUT2D eigenvalue weighted by molar-refractivity contribution is 1.41. The summed E-state index contributed by atoms with van der Waals surface area (Å²) in [4.78, 5) is 2.25. The second kappa shape index (κ2) is 8.02. The maximum absolute atomic E-state index is 5.70. The molecule has 0 aliphatic rings. The molecule has 0 amide bonds. The van der Waals surface area contributed by atoms with Crippen molar-refractivity contribution in [2.75, 3.05) is 11.5 Å². The molecule has 0 unspecified atom stereocenters. The summed E-state index contributed by atoms with van der Waals surface area (Å²) < 4.78 is 0. The molecular formula is C18H18N2S. The highest BCUT2D eigenvalue weighted by atomic mass is 32.2. The summed E-state index contributed by atoms with van der Waals surface area (Å²) in [7, 11) is 0. The van der Waals surface area contributed by atoms with Crippen molar-refractivity contribution in [3.8, 4) is 0 Å². The van der Waals surface area contributed by atoms with Gasteiger partial charge in [-0.3, -0.25) is 0 Å². The van der Waals surface area contributed by atoms with Gasteiger partial charge in [-0.2, -0.15) is 0 Å². The van der Waals surface area contributed by atoms with Gasteiger partial charge in [-0.25, -0.2) is 0 Å². The van der Waals surface area contributed by atoms with E-state index in [1.165, 1.54) is 0 Å². The minimum Gasteiger partial charge on any atom is -0.399 e. The molecule has 3 heteroatoms. The number of nitrogen functional groups attached to an aromatic ring is 2. The molecule has 0 aromatic heterocycles. The Balaban J connectivity index is 0.000000225. The zero-order valence-corrected chi connectivity index (χ0v) is 12.5. The zero-order chi connectivity index (χ0) is 14.9. The number of anilines is 2. The fraction of sp³-hybridized carbons (Fsp3) is 0. The van der Waals surface area contributed by atoms with Crippen LogP contribution in [0.1, 0.15) is 0 Å². The molecule has 3 aromatic rings. The van der Waals surface area contributed by atoms with Gasteiger partial charge in [0.2, 0.25) is 0 Å². The van der Waals surface area contributed by atoms with E-state index in [0.717, 1.165) is 21.2 Å². The highest BCUT2D eigenvalue weighted by Crippen LogP contribution is 2.29. The highest BCUT2D eigenvalue weighted by Gasteiger charge is 1.97. The van der Waals surface area contributed by atoms with Crippen LogP contribution in [0.3, 0.4) is 0 Å². The summed E-state index contributed by atoms with van der Waals surface area (Å²) in [6.45, 7) is 0. The number of nitrogens with two attached hydrogens (primary N) is 2. The van der Waals surface area contributed by atoms with Crippen molar-refractivity contribution in [3.63, 3.8) is 0 Å². The van der Waals surface area contributed by atoms with Gasteiger partial charge in [-0.05, 0) is 36.4 Å². The summed E-state index contributed by atoms with van der Waals surface area (Å²) in [5.74, 6) is 0. The Morgan fingerprint density at radius 2 is 0.905 bits per heavy atom. The van der Waals surface area contributed by atoms with E-state index in [1.807, 2.05) is 84.9 Å². The smallest absolute Gasteiger partial charge is 0.0325 e. The quantitative estimate of drug-likeness (QED) is 0.674. The summed E-state index contributed by atoms with van der Waals surface area (Å²) >= 11 is 1.66. The van der Waals surface area contributed by atoms with Crippen molar-refractivity contribution < 1.29 is 0 Å². The average Bonchev–Trinajstić information content (AvgIpc) is 2.50. The molecule has 0 heterocycles. The predicted molar refractivity (Wildman–Crippen MR) is 92.3 cm³/mol. The minimum absolute atomic E-state index is 0.781. The predicted octanol–water partition coefficient (Wildman–Crippen LogP) is 4.69. The second-order valence-corrected chi connectivity index (χ2v) is 5.55. The van der Waals surface area contributed by atoms with Gasteiger partial charge in [0.15, 0.2) is 0 Å². The fourth-order valence-electron chi connectivity index (χ4n) is 1.68. The molecule has 21 heavy (non-hydrogen) atoms. The molecule has 3 aromatic carbocycles.